The molecule has 1 aliphatic heterocycles. The Morgan fingerprint density at radius 1 is 1.44 bits per heavy atom. The highest BCUT2D eigenvalue weighted by molar-refractivity contribution is 5.88. The summed E-state index contributed by atoms with van der Waals surface area (Å²) in [5.41, 5.74) is 0. The first kappa shape index (κ1) is 11.0. The first-order valence-electron chi connectivity index (χ1n) is 5.89. The Bertz CT molecular complexity index is 355. The molecule has 2 heterocycles. The average Bonchev–Trinajstić information content (AvgIpc) is 2.77. The van der Waals surface area contributed by atoms with Crippen LogP contribution in [-0.4, -0.2) is 33.8 Å². The number of nitrogens with one attached hydrogen (secondary N) is 1. The van der Waals surface area contributed by atoms with Gasteiger partial charge in [-0.1, -0.05) is 0 Å². The Labute approximate surface area is 95.4 Å². The smallest absolute Gasteiger partial charge is 0.322 e. The molecular weight excluding hydrogens is 204 g/mol. The van der Waals surface area contributed by atoms with Crippen LogP contribution in [0.4, 0.5) is 10.6 Å². The van der Waals surface area contributed by atoms with Gasteiger partial charge in [0.15, 0.2) is 0 Å². The van der Waals surface area contributed by atoms with Gasteiger partial charge >= 0.3 is 6.03 Å². The largest absolute Gasteiger partial charge is 0.325 e. The lowest BCUT2D eigenvalue weighted by Gasteiger charge is -2.26. The van der Waals surface area contributed by atoms with Crippen LogP contribution in [0.25, 0.3) is 0 Å². The summed E-state index contributed by atoms with van der Waals surface area (Å²) < 4.78 is 1.78. The summed E-state index contributed by atoms with van der Waals surface area (Å²) in [7, 11) is 0. The maximum atomic E-state index is 11.9. The number of hydrogen-bond acceptors (Lipinski definition) is 2. The summed E-state index contributed by atoms with van der Waals surface area (Å²) in [5.74, 6) is 0.776. The van der Waals surface area contributed by atoms with E-state index in [9.17, 15) is 4.79 Å². The minimum atomic E-state index is -0.00472. The predicted molar refractivity (Wildman–Crippen MR) is 62.3 cm³/mol. The predicted octanol–water partition coefficient (Wildman–Crippen LogP) is 1.92. The van der Waals surface area contributed by atoms with E-state index in [2.05, 4.69) is 10.4 Å². The van der Waals surface area contributed by atoms with Crippen molar-refractivity contribution in [3.8, 4) is 0 Å². The van der Waals surface area contributed by atoms with Crippen molar-refractivity contribution in [2.75, 3.05) is 18.4 Å². The molecule has 2 amide bonds. The molecular formula is C11H18N4O. The normalized spacial score (nSPS) is 16.2. The van der Waals surface area contributed by atoms with Crippen molar-refractivity contribution < 1.29 is 4.79 Å². The van der Waals surface area contributed by atoms with E-state index in [1.54, 1.807) is 10.9 Å². The molecule has 0 atom stereocenters. The molecule has 1 N–H and O–H groups in total. The Kier molecular flexibility index (Phi) is 3.44. The highest BCUT2D eigenvalue weighted by atomic mass is 16.2. The van der Waals surface area contributed by atoms with Crippen LogP contribution in [-0.2, 0) is 6.54 Å². The molecule has 1 aromatic rings. The van der Waals surface area contributed by atoms with Crippen molar-refractivity contribution in [3.63, 3.8) is 0 Å². The number of aromatic nitrogens is 2. The second-order valence-electron chi connectivity index (χ2n) is 4.01. The number of anilines is 1. The summed E-state index contributed by atoms with van der Waals surface area (Å²) >= 11 is 0. The Hall–Kier alpha value is -1.52. The minimum Gasteiger partial charge on any atom is -0.325 e. The van der Waals surface area contributed by atoms with Crippen LogP contribution in [0.2, 0.25) is 0 Å². The fourth-order valence-electron chi connectivity index (χ4n) is 1.98. The number of amides is 2. The fraction of sp³-hybridized carbons (Fsp3) is 0.636. The zero-order chi connectivity index (χ0) is 11.4. The Balaban J connectivity index is 1.95. The third-order valence-electron chi connectivity index (χ3n) is 2.89. The van der Waals surface area contributed by atoms with Gasteiger partial charge in [-0.25, -0.2) is 9.48 Å². The van der Waals surface area contributed by atoms with Crippen molar-refractivity contribution in [1.29, 1.82) is 0 Å². The van der Waals surface area contributed by atoms with Gasteiger partial charge < -0.3 is 4.90 Å². The number of urea groups is 1. The average molecular weight is 222 g/mol. The molecule has 0 radical (unpaired) electrons. The van der Waals surface area contributed by atoms with Crippen LogP contribution in [0.3, 0.4) is 0 Å². The molecule has 2 rings (SSSR count). The molecule has 0 aromatic carbocycles. The van der Waals surface area contributed by atoms with Crippen LogP contribution < -0.4 is 5.32 Å². The van der Waals surface area contributed by atoms with E-state index in [1.807, 2.05) is 17.9 Å². The van der Waals surface area contributed by atoms with Gasteiger partial charge in [-0.2, -0.15) is 5.10 Å². The number of nitrogens with zero attached hydrogens (tertiary/aromatic N) is 3. The van der Waals surface area contributed by atoms with Crippen LogP contribution in [0, 0.1) is 0 Å². The lowest BCUT2D eigenvalue weighted by molar-refractivity contribution is 0.200. The highest BCUT2D eigenvalue weighted by Crippen LogP contribution is 2.12. The summed E-state index contributed by atoms with van der Waals surface area (Å²) in [5, 5.41) is 7.01. The maximum Gasteiger partial charge on any atom is 0.322 e. The van der Waals surface area contributed by atoms with Crippen molar-refractivity contribution in [2.24, 2.45) is 0 Å². The van der Waals surface area contributed by atoms with Gasteiger partial charge in [0, 0.05) is 25.7 Å². The van der Waals surface area contributed by atoms with Crippen molar-refractivity contribution >= 4 is 11.8 Å². The van der Waals surface area contributed by atoms with E-state index < -0.39 is 0 Å². The second-order valence-corrected chi connectivity index (χ2v) is 4.01. The SMILES string of the molecule is CCn1nccc1NC(=O)N1CCCCC1. The lowest BCUT2D eigenvalue weighted by atomic mass is 10.1. The van der Waals surface area contributed by atoms with E-state index in [-0.39, 0.29) is 6.03 Å². The zero-order valence-corrected chi connectivity index (χ0v) is 9.65. The molecule has 1 saturated heterocycles. The molecule has 1 fully saturated rings. The lowest BCUT2D eigenvalue weighted by Crippen LogP contribution is -2.39. The standard InChI is InChI=1S/C11H18N4O/c1-2-15-10(6-7-12-15)13-11(16)14-8-4-3-5-9-14/h6-7H,2-5,8-9H2,1H3,(H,13,16). The zero-order valence-electron chi connectivity index (χ0n) is 9.65. The molecule has 1 aliphatic rings. The number of carbonyl (C=O) groups is 1. The number of rotatable bonds is 2. The third-order valence-corrected chi connectivity index (χ3v) is 2.89. The minimum absolute atomic E-state index is 0.00472. The maximum absolute atomic E-state index is 11.9. The van der Waals surface area contributed by atoms with Crippen molar-refractivity contribution in [2.45, 2.75) is 32.7 Å². The number of piperidine rings is 1. The Morgan fingerprint density at radius 3 is 2.88 bits per heavy atom. The molecule has 1 aromatic heterocycles. The topological polar surface area (TPSA) is 50.2 Å². The van der Waals surface area contributed by atoms with Crippen LogP contribution in [0.15, 0.2) is 12.3 Å². The fourth-order valence-corrected chi connectivity index (χ4v) is 1.98. The van der Waals surface area contributed by atoms with Crippen LogP contribution in [0.1, 0.15) is 26.2 Å². The van der Waals surface area contributed by atoms with Crippen LogP contribution in [0.5, 0.6) is 0 Å². The molecule has 5 heteroatoms. The number of hydrogen-bond donors (Lipinski definition) is 1. The molecule has 88 valence electrons. The first-order chi connectivity index (χ1) is 7.81. The molecule has 0 bridgehead atoms. The number of carbonyl (C=O) groups excluding carboxylic acids is 1. The molecule has 16 heavy (non-hydrogen) atoms. The van der Waals surface area contributed by atoms with Crippen molar-refractivity contribution in [1.82, 2.24) is 14.7 Å². The number of likely N-dealkylation sites (tertiary alicyclic amines) is 1. The second kappa shape index (κ2) is 5.01. The quantitative estimate of drug-likeness (QED) is 0.831. The van der Waals surface area contributed by atoms with E-state index in [4.69, 9.17) is 0 Å². The molecule has 0 saturated carbocycles. The van der Waals surface area contributed by atoms with Gasteiger partial charge in [0.1, 0.15) is 5.82 Å². The van der Waals surface area contributed by atoms with Gasteiger partial charge in [-0.3, -0.25) is 5.32 Å². The summed E-state index contributed by atoms with van der Waals surface area (Å²) in [6.07, 6.45) is 5.16. The van der Waals surface area contributed by atoms with Gasteiger partial charge in [-0.05, 0) is 26.2 Å². The van der Waals surface area contributed by atoms with Crippen molar-refractivity contribution in [3.05, 3.63) is 12.3 Å². The number of aryl methyl sites for hydroxylation is 1. The molecule has 0 aliphatic carbocycles. The molecule has 5 nitrogen and oxygen atoms in total. The van der Waals surface area contributed by atoms with Crippen LogP contribution >= 0.6 is 0 Å². The Morgan fingerprint density at radius 2 is 2.19 bits per heavy atom. The van der Waals surface area contributed by atoms with Gasteiger partial charge in [0.05, 0.1) is 6.20 Å². The molecule has 0 unspecified atom stereocenters. The summed E-state index contributed by atoms with van der Waals surface area (Å²) in [4.78, 5) is 13.8. The van der Waals surface area contributed by atoms with Gasteiger partial charge in [0.2, 0.25) is 0 Å². The monoisotopic (exact) mass is 222 g/mol. The first-order valence-corrected chi connectivity index (χ1v) is 5.89. The van der Waals surface area contributed by atoms with E-state index >= 15 is 0 Å². The van der Waals surface area contributed by atoms with E-state index in [1.165, 1.54) is 6.42 Å². The van der Waals surface area contributed by atoms with E-state index in [0.717, 1.165) is 38.3 Å². The summed E-state index contributed by atoms with van der Waals surface area (Å²) in [6, 6.07) is 1.82. The molecule has 0 spiro atoms. The summed E-state index contributed by atoms with van der Waals surface area (Å²) in [6.45, 7) is 4.50. The third kappa shape index (κ3) is 2.35. The highest BCUT2D eigenvalue weighted by Gasteiger charge is 2.17. The van der Waals surface area contributed by atoms with Gasteiger partial charge in [-0.15, -0.1) is 0 Å². The van der Waals surface area contributed by atoms with E-state index in [0.29, 0.717) is 0 Å². The van der Waals surface area contributed by atoms with Gasteiger partial charge in [0.25, 0.3) is 0 Å².